The summed E-state index contributed by atoms with van der Waals surface area (Å²) < 4.78 is 4.89. The summed E-state index contributed by atoms with van der Waals surface area (Å²) >= 11 is 0. The molecule has 0 heterocycles. The summed E-state index contributed by atoms with van der Waals surface area (Å²) in [5.74, 6) is 1.21. The first-order valence-corrected chi connectivity index (χ1v) is 5.78. The largest absolute Gasteiger partial charge is 0.508 e. The van der Waals surface area contributed by atoms with Crippen LogP contribution in [-0.4, -0.2) is 5.11 Å². The monoisotopic (exact) mass is 248 g/mol. The number of hydrogen-bond acceptors (Lipinski definition) is 2. The molecule has 2 aromatic rings. The quantitative estimate of drug-likeness (QED) is 0.776. The lowest BCUT2D eigenvalue weighted by Crippen LogP contribution is -1.73. The van der Waals surface area contributed by atoms with Crippen molar-refractivity contribution in [3.63, 3.8) is 0 Å². The third-order valence-electron chi connectivity index (χ3n) is 2.19. The fourth-order valence-corrected chi connectivity index (χ4v) is 1.32. The summed E-state index contributed by atoms with van der Waals surface area (Å²) in [5, 5.41) is 8.76. The first-order chi connectivity index (χ1) is 8.11. The Hall–Kier alpha value is -1.53. The fourth-order valence-electron chi connectivity index (χ4n) is 1.16. The number of benzene rings is 2. The number of phenols is 1. The van der Waals surface area contributed by atoms with Gasteiger partial charge in [-0.3, -0.25) is 0 Å². The molecule has 0 spiro atoms. The highest BCUT2D eigenvalue weighted by Gasteiger charge is 1.85. The second-order valence-electron chi connectivity index (χ2n) is 3.77. The Kier molecular flexibility index (Phi) is 5.51. The second kappa shape index (κ2) is 6.93. The van der Waals surface area contributed by atoms with E-state index in [0.29, 0.717) is 5.75 Å². The molecule has 0 saturated carbocycles. The van der Waals surface area contributed by atoms with Crippen LogP contribution in [0, 0.1) is 13.8 Å². The van der Waals surface area contributed by atoms with Gasteiger partial charge in [-0.2, -0.15) is 0 Å². The van der Waals surface area contributed by atoms with Crippen molar-refractivity contribution in [1.29, 1.82) is 0 Å². The van der Waals surface area contributed by atoms with Gasteiger partial charge in [0.25, 0.3) is 0 Å². The lowest BCUT2D eigenvalue weighted by atomic mass is 10.2. The molecule has 0 aliphatic carbocycles. The van der Waals surface area contributed by atoms with Gasteiger partial charge in [-0.1, -0.05) is 35.4 Å². The molecule has 0 aromatic heterocycles. The van der Waals surface area contributed by atoms with E-state index in [-0.39, 0.29) is 0 Å². The number of aryl methyl sites for hydroxylation is 2. The van der Waals surface area contributed by atoms with Crippen molar-refractivity contribution < 1.29 is 9.63 Å². The van der Waals surface area contributed by atoms with Crippen LogP contribution in [-0.2, 0) is 0 Å². The van der Waals surface area contributed by atoms with Crippen LogP contribution in [0.4, 0.5) is 0 Å². The Morgan fingerprint density at radius 3 is 1.59 bits per heavy atom. The van der Waals surface area contributed by atoms with Gasteiger partial charge in [0, 0.05) is 0 Å². The van der Waals surface area contributed by atoms with Gasteiger partial charge >= 0.3 is 0 Å². The van der Waals surface area contributed by atoms with Crippen LogP contribution in [0.15, 0.2) is 48.5 Å². The maximum Gasteiger partial charge on any atom is 0.122 e. The number of rotatable bonds is 1. The van der Waals surface area contributed by atoms with E-state index >= 15 is 0 Å². The van der Waals surface area contributed by atoms with Gasteiger partial charge in [-0.15, -0.1) is 0 Å². The minimum Gasteiger partial charge on any atom is -0.508 e. The molecule has 0 radical (unpaired) electrons. The lowest BCUT2D eigenvalue weighted by molar-refractivity contribution is 0.475. The number of phenolic OH excluding ortho intramolecular Hbond substituents is 1. The first-order valence-electron chi connectivity index (χ1n) is 5.31. The van der Waals surface area contributed by atoms with Crippen molar-refractivity contribution in [2.24, 2.45) is 0 Å². The smallest absolute Gasteiger partial charge is 0.122 e. The standard InChI is InChI=1S/C7H9OP.C7H8O/c1-6-2-4-7(8-9)5-3-6;1-6-2-4-7(8)5-3-6/h2-5H,9H2,1H3;2-5,8H,1H3. The molecule has 2 nitrogen and oxygen atoms in total. The Balaban J connectivity index is 0.000000171. The van der Waals surface area contributed by atoms with Crippen LogP contribution in [0.1, 0.15) is 11.1 Å². The average molecular weight is 248 g/mol. The van der Waals surface area contributed by atoms with Crippen molar-refractivity contribution in [1.82, 2.24) is 0 Å². The Morgan fingerprint density at radius 1 is 0.824 bits per heavy atom. The number of hydrogen-bond donors (Lipinski definition) is 1. The highest BCUT2D eigenvalue weighted by Crippen LogP contribution is 2.12. The summed E-state index contributed by atoms with van der Waals surface area (Å²) in [6, 6.07) is 15.0. The molecule has 17 heavy (non-hydrogen) atoms. The molecule has 1 N–H and O–H groups in total. The molecular weight excluding hydrogens is 231 g/mol. The zero-order chi connectivity index (χ0) is 12.7. The van der Waals surface area contributed by atoms with Gasteiger partial charge in [0.2, 0.25) is 0 Å². The molecule has 2 aromatic carbocycles. The highest BCUT2D eigenvalue weighted by atomic mass is 31.0. The molecule has 90 valence electrons. The molecule has 0 aliphatic rings. The third kappa shape index (κ3) is 5.37. The molecule has 0 aliphatic heterocycles. The maximum absolute atomic E-state index is 8.76. The predicted octanol–water partition coefficient (Wildman–Crippen LogP) is 3.86. The third-order valence-corrected chi connectivity index (χ3v) is 2.46. The molecule has 1 unspecified atom stereocenters. The van der Waals surface area contributed by atoms with Crippen molar-refractivity contribution in [2.75, 3.05) is 0 Å². The lowest BCUT2D eigenvalue weighted by Gasteiger charge is -1.96. The van der Waals surface area contributed by atoms with Crippen molar-refractivity contribution in [3.8, 4) is 11.5 Å². The Labute approximate surface area is 105 Å². The van der Waals surface area contributed by atoms with Crippen LogP contribution < -0.4 is 4.52 Å². The highest BCUT2D eigenvalue weighted by molar-refractivity contribution is 7.10. The predicted molar refractivity (Wildman–Crippen MR) is 74.4 cm³/mol. The summed E-state index contributed by atoms with van der Waals surface area (Å²) in [5.41, 5.74) is 2.42. The average Bonchev–Trinajstić information content (AvgIpc) is 2.35. The number of aromatic hydroxyl groups is 1. The molecule has 0 amide bonds. The van der Waals surface area contributed by atoms with E-state index in [1.54, 1.807) is 12.1 Å². The Bertz CT molecular complexity index is 414. The van der Waals surface area contributed by atoms with Gasteiger partial charge in [-0.05, 0) is 38.1 Å². The van der Waals surface area contributed by atoms with E-state index in [0.717, 1.165) is 5.75 Å². The fraction of sp³-hybridized carbons (Fsp3) is 0.143. The van der Waals surface area contributed by atoms with E-state index in [1.165, 1.54) is 11.1 Å². The molecule has 1 atom stereocenters. The Morgan fingerprint density at radius 2 is 1.24 bits per heavy atom. The molecule has 3 heteroatoms. The first kappa shape index (κ1) is 13.5. The van der Waals surface area contributed by atoms with E-state index in [2.05, 4.69) is 9.47 Å². The second-order valence-corrected chi connectivity index (χ2v) is 4.00. The topological polar surface area (TPSA) is 29.5 Å². The zero-order valence-corrected chi connectivity index (χ0v) is 11.2. The van der Waals surface area contributed by atoms with Crippen molar-refractivity contribution in [2.45, 2.75) is 13.8 Å². The molecular formula is C14H17O2P. The van der Waals surface area contributed by atoms with Crippen LogP contribution in [0.25, 0.3) is 0 Å². The van der Waals surface area contributed by atoms with Crippen LogP contribution >= 0.6 is 9.47 Å². The summed E-state index contributed by atoms with van der Waals surface area (Å²) in [6.45, 7) is 4.03. The SMILES string of the molecule is Cc1ccc(O)cc1.Cc1ccc(OP)cc1. The molecule has 0 bridgehead atoms. The minimum absolute atomic E-state index is 0.329. The van der Waals surface area contributed by atoms with Gasteiger partial charge in [0.15, 0.2) is 0 Å². The van der Waals surface area contributed by atoms with Crippen LogP contribution in [0.5, 0.6) is 11.5 Å². The van der Waals surface area contributed by atoms with E-state index in [1.807, 2.05) is 50.2 Å². The van der Waals surface area contributed by atoms with Gasteiger partial charge in [-0.25, -0.2) is 0 Å². The van der Waals surface area contributed by atoms with E-state index < -0.39 is 0 Å². The van der Waals surface area contributed by atoms with E-state index in [9.17, 15) is 0 Å². The van der Waals surface area contributed by atoms with Crippen molar-refractivity contribution in [3.05, 3.63) is 59.7 Å². The van der Waals surface area contributed by atoms with Gasteiger partial charge in [0.1, 0.15) is 11.5 Å². The summed E-state index contributed by atoms with van der Waals surface area (Å²) in [6.07, 6.45) is 0. The molecule has 0 fully saturated rings. The van der Waals surface area contributed by atoms with Crippen molar-refractivity contribution >= 4 is 9.47 Å². The zero-order valence-electron chi connectivity index (χ0n) is 10.1. The normalized spacial score (nSPS) is 9.12. The molecule has 2 rings (SSSR count). The van der Waals surface area contributed by atoms with Gasteiger partial charge in [0.05, 0.1) is 9.47 Å². The summed E-state index contributed by atoms with van der Waals surface area (Å²) in [7, 11) is 2.21. The maximum atomic E-state index is 8.76. The van der Waals surface area contributed by atoms with Crippen LogP contribution in [0.3, 0.4) is 0 Å². The minimum atomic E-state index is 0.329. The molecule has 0 saturated heterocycles. The summed E-state index contributed by atoms with van der Waals surface area (Å²) in [4.78, 5) is 0. The van der Waals surface area contributed by atoms with E-state index in [4.69, 9.17) is 9.63 Å². The van der Waals surface area contributed by atoms with Crippen LogP contribution in [0.2, 0.25) is 0 Å². The van der Waals surface area contributed by atoms with Gasteiger partial charge < -0.3 is 9.63 Å².